The average Bonchev–Trinajstić information content (AvgIpc) is 1.85. The topological polar surface area (TPSA) is 52.5 Å². The molecule has 0 saturated carbocycles. The zero-order valence-electron chi connectivity index (χ0n) is 6.79. The zero-order valence-corrected chi connectivity index (χ0v) is 7.61. The Morgan fingerprint density at radius 3 is 2.20 bits per heavy atom. The van der Waals surface area contributed by atoms with Crippen molar-refractivity contribution in [3.05, 3.63) is 0 Å². The summed E-state index contributed by atoms with van der Waals surface area (Å²) in [5, 5.41) is 0. The Balaban J connectivity index is 3.46. The molecule has 0 fully saturated rings. The molecule has 0 aromatic rings. The molecule has 0 aromatic heterocycles. The first-order valence-corrected chi connectivity index (χ1v) is 5.20. The third kappa shape index (κ3) is 5.05. The molecule has 0 aliphatic carbocycles. The molecule has 0 unspecified atom stereocenters. The van der Waals surface area contributed by atoms with Gasteiger partial charge in [-0.05, 0) is 12.8 Å². The van der Waals surface area contributed by atoms with Crippen LogP contribution >= 0.6 is 10.8 Å². The Bertz CT molecular complexity index is 95.7. The molecule has 64 valence electrons. The average molecular weight is 167 g/mol. The van der Waals surface area contributed by atoms with Gasteiger partial charge < -0.3 is 0 Å². The Hall–Kier alpha value is 0.230. The number of hydrogen-bond donors (Lipinski definition) is 3. The van der Waals surface area contributed by atoms with Crippen LogP contribution in [0.1, 0.15) is 20.8 Å². The molecule has 0 radical (unpaired) electrons. The first-order chi connectivity index (χ1) is 4.48. The zero-order chi connectivity index (χ0) is 8.20. The van der Waals surface area contributed by atoms with Crippen molar-refractivity contribution in [1.82, 2.24) is 4.72 Å². The molecule has 0 rings (SSSR count). The number of hydrogen-bond acceptors (Lipinski definition) is 3. The molecule has 4 heteroatoms. The lowest BCUT2D eigenvalue weighted by Crippen LogP contribution is -2.25. The van der Waals surface area contributed by atoms with E-state index in [9.17, 15) is 0 Å². The lowest BCUT2D eigenvalue weighted by molar-refractivity contribution is 0.462. The molecule has 0 bridgehead atoms. The molecular weight excluding hydrogens is 150 g/mol. The van der Waals surface area contributed by atoms with Gasteiger partial charge in [-0.2, -0.15) is 0 Å². The Kier molecular flexibility index (Phi) is 4.28. The lowest BCUT2D eigenvalue weighted by atomic mass is 10.2. The van der Waals surface area contributed by atoms with Crippen molar-refractivity contribution in [3.8, 4) is 0 Å². The second kappa shape index (κ2) is 4.18. The van der Waals surface area contributed by atoms with Crippen molar-refractivity contribution in [1.29, 1.82) is 0 Å². The van der Waals surface area contributed by atoms with Crippen molar-refractivity contribution in [3.63, 3.8) is 0 Å². The summed E-state index contributed by atoms with van der Waals surface area (Å²) in [5.74, 6) is 0.845. The van der Waals surface area contributed by atoms with Gasteiger partial charge in [-0.15, -0.1) is 10.8 Å². The van der Waals surface area contributed by atoms with Crippen LogP contribution in [0, 0.1) is 5.92 Å². The van der Waals surface area contributed by atoms with Crippen molar-refractivity contribution >= 4 is 10.8 Å². The molecule has 0 amide bonds. The molecule has 0 aliphatic rings. The van der Waals surface area contributed by atoms with Gasteiger partial charge in [-0.1, -0.05) is 13.8 Å². The monoisotopic (exact) mass is 167 g/mol. The van der Waals surface area contributed by atoms with Crippen LogP contribution < -0.4 is 4.72 Å². The fourth-order valence-corrected chi connectivity index (χ4v) is 1.21. The summed E-state index contributed by atoms with van der Waals surface area (Å²) in [6, 6.07) is 0. The van der Waals surface area contributed by atoms with Gasteiger partial charge in [0.1, 0.15) is 0 Å². The first-order valence-electron chi connectivity index (χ1n) is 3.48. The van der Waals surface area contributed by atoms with Crippen LogP contribution in [0.5, 0.6) is 0 Å². The van der Waals surface area contributed by atoms with Crippen molar-refractivity contribution < 1.29 is 9.11 Å². The molecule has 0 atom stereocenters. The third-order valence-corrected chi connectivity index (χ3v) is 2.56. The van der Waals surface area contributed by atoms with E-state index in [1.807, 2.05) is 13.8 Å². The Morgan fingerprint density at radius 1 is 1.40 bits per heavy atom. The Labute approximate surface area is 64.3 Å². The van der Waals surface area contributed by atoms with E-state index in [2.05, 4.69) is 4.72 Å². The van der Waals surface area contributed by atoms with Gasteiger partial charge in [-0.3, -0.25) is 9.11 Å². The summed E-state index contributed by atoms with van der Waals surface area (Å²) < 4.78 is 20.9. The van der Waals surface area contributed by atoms with E-state index in [0.717, 1.165) is 0 Å². The highest BCUT2D eigenvalue weighted by Crippen LogP contribution is 2.31. The molecule has 0 saturated heterocycles. The van der Waals surface area contributed by atoms with Gasteiger partial charge >= 0.3 is 0 Å². The highest BCUT2D eigenvalue weighted by Gasteiger charge is 2.07. The highest BCUT2D eigenvalue weighted by molar-refractivity contribution is 8.22. The largest absolute Gasteiger partial charge is 0.286 e. The molecule has 0 spiro atoms. The summed E-state index contributed by atoms with van der Waals surface area (Å²) in [7, 11) is -2.46. The second-order valence-electron chi connectivity index (χ2n) is 2.70. The smallest absolute Gasteiger partial charge is 0.0499 e. The van der Waals surface area contributed by atoms with Crippen molar-refractivity contribution in [2.75, 3.05) is 12.3 Å². The van der Waals surface area contributed by atoms with Gasteiger partial charge in [0, 0.05) is 12.3 Å². The van der Waals surface area contributed by atoms with E-state index >= 15 is 0 Å². The highest BCUT2D eigenvalue weighted by atomic mass is 32.3. The minimum Gasteiger partial charge on any atom is -0.286 e. The van der Waals surface area contributed by atoms with E-state index in [-0.39, 0.29) is 0 Å². The molecule has 10 heavy (non-hydrogen) atoms. The predicted molar refractivity (Wildman–Crippen MR) is 46.2 cm³/mol. The molecule has 0 heterocycles. The van der Waals surface area contributed by atoms with E-state index in [4.69, 9.17) is 9.11 Å². The summed E-state index contributed by atoms with van der Waals surface area (Å²) in [6.45, 7) is 6.47. The van der Waals surface area contributed by atoms with Crippen LogP contribution in [0.15, 0.2) is 0 Å². The van der Waals surface area contributed by atoms with Gasteiger partial charge in [0.25, 0.3) is 0 Å². The van der Waals surface area contributed by atoms with Crippen LogP contribution in [0.3, 0.4) is 0 Å². The lowest BCUT2D eigenvalue weighted by Gasteiger charge is -2.32. The maximum Gasteiger partial charge on any atom is 0.0499 e. The molecule has 0 aromatic carbocycles. The van der Waals surface area contributed by atoms with Gasteiger partial charge in [0.2, 0.25) is 0 Å². The number of rotatable bonds is 4. The van der Waals surface area contributed by atoms with Crippen molar-refractivity contribution in [2.24, 2.45) is 5.92 Å². The summed E-state index contributed by atoms with van der Waals surface area (Å²) >= 11 is 0. The fraction of sp³-hybridized carbons (Fsp3) is 1.00. The third-order valence-electron chi connectivity index (χ3n) is 1.13. The maximum atomic E-state index is 9.10. The van der Waals surface area contributed by atoms with Gasteiger partial charge in [0.15, 0.2) is 0 Å². The van der Waals surface area contributed by atoms with Gasteiger partial charge in [-0.25, -0.2) is 4.72 Å². The molecule has 0 aliphatic heterocycles. The van der Waals surface area contributed by atoms with Crippen LogP contribution in [-0.4, -0.2) is 21.4 Å². The number of nitrogens with one attached hydrogen (secondary N) is 1. The standard InChI is InChI=1S/C6H17NO2S/c1-4-10(8,9)7-5-6(2)3/h6-9H,4-5H2,1-3H3. The van der Waals surface area contributed by atoms with E-state index < -0.39 is 10.8 Å². The predicted octanol–water partition coefficient (Wildman–Crippen LogP) is 1.92. The second-order valence-corrected chi connectivity index (χ2v) is 4.90. The summed E-state index contributed by atoms with van der Waals surface area (Å²) in [4.78, 5) is 0. The minimum absolute atomic E-state index is 0.389. The van der Waals surface area contributed by atoms with Crippen LogP contribution in [-0.2, 0) is 0 Å². The maximum absolute atomic E-state index is 9.10. The first kappa shape index (κ1) is 10.2. The van der Waals surface area contributed by atoms with Crippen LogP contribution in [0.4, 0.5) is 0 Å². The summed E-state index contributed by atoms with van der Waals surface area (Å²) in [6.07, 6.45) is 0. The molecule has 3 N–H and O–H groups in total. The van der Waals surface area contributed by atoms with Crippen LogP contribution in [0.25, 0.3) is 0 Å². The fourth-order valence-electron chi connectivity index (χ4n) is 0.402. The molecule has 3 nitrogen and oxygen atoms in total. The quantitative estimate of drug-likeness (QED) is 0.599. The summed E-state index contributed by atoms with van der Waals surface area (Å²) in [5.41, 5.74) is 0. The Morgan fingerprint density at radius 2 is 1.90 bits per heavy atom. The molecular formula is C6H17NO2S. The van der Waals surface area contributed by atoms with E-state index in [1.54, 1.807) is 6.92 Å². The minimum atomic E-state index is -2.46. The van der Waals surface area contributed by atoms with E-state index in [0.29, 0.717) is 18.2 Å². The van der Waals surface area contributed by atoms with Crippen molar-refractivity contribution in [2.45, 2.75) is 20.8 Å². The normalized spacial score (nSPS) is 14.2. The SMILES string of the molecule is CCS(O)(O)NCC(C)C. The van der Waals surface area contributed by atoms with Gasteiger partial charge in [0.05, 0.1) is 0 Å². The van der Waals surface area contributed by atoms with E-state index in [1.165, 1.54) is 0 Å². The van der Waals surface area contributed by atoms with Crippen LogP contribution in [0.2, 0.25) is 0 Å².